The molecule has 0 aliphatic heterocycles. The zero-order valence-electron chi connectivity index (χ0n) is 10.6. The van der Waals surface area contributed by atoms with Gasteiger partial charge in [0.1, 0.15) is 0 Å². The van der Waals surface area contributed by atoms with Crippen molar-refractivity contribution in [1.29, 1.82) is 0 Å². The van der Waals surface area contributed by atoms with Crippen molar-refractivity contribution in [3.63, 3.8) is 0 Å². The normalized spacial score (nSPS) is 11.5. The Morgan fingerprint density at radius 3 is 2.60 bits per heavy atom. The molecule has 1 aromatic carbocycles. The van der Waals surface area contributed by atoms with Gasteiger partial charge >= 0.3 is 12.0 Å². The summed E-state index contributed by atoms with van der Waals surface area (Å²) < 4.78 is 0.744. The average Bonchev–Trinajstić information content (AvgIpc) is 2.29. The Morgan fingerprint density at radius 1 is 1.40 bits per heavy atom. The number of carboxylic acid groups (broad SMARTS) is 1. The molecule has 0 fully saturated rings. The summed E-state index contributed by atoms with van der Waals surface area (Å²) >= 11 is 1.98. The SMILES string of the molecule is CC(CC(N)=O)NC(=O)Nc1ccc(I)cc1C(=O)O. The third-order valence-electron chi connectivity index (χ3n) is 2.35. The number of primary amides is 1. The van der Waals surface area contributed by atoms with Crippen LogP contribution in [0.5, 0.6) is 0 Å². The third kappa shape index (κ3) is 5.03. The van der Waals surface area contributed by atoms with Crippen LogP contribution in [0.4, 0.5) is 10.5 Å². The van der Waals surface area contributed by atoms with Gasteiger partial charge < -0.3 is 21.5 Å². The van der Waals surface area contributed by atoms with Crippen molar-refractivity contribution in [2.45, 2.75) is 19.4 Å². The quantitative estimate of drug-likeness (QED) is 0.567. The van der Waals surface area contributed by atoms with E-state index in [0.717, 1.165) is 3.57 Å². The second-order valence-electron chi connectivity index (χ2n) is 4.17. The van der Waals surface area contributed by atoms with E-state index in [0.29, 0.717) is 0 Å². The first-order chi connectivity index (χ1) is 9.29. The first-order valence-electron chi connectivity index (χ1n) is 5.68. The monoisotopic (exact) mass is 391 g/mol. The second kappa shape index (κ2) is 7.08. The van der Waals surface area contributed by atoms with E-state index in [1.807, 2.05) is 22.6 Å². The molecule has 0 bridgehead atoms. The first-order valence-corrected chi connectivity index (χ1v) is 6.76. The van der Waals surface area contributed by atoms with Gasteiger partial charge in [0.15, 0.2) is 0 Å². The molecule has 0 radical (unpaired) electrons. The summed E-state index contributed by atoms with van der Waals surface area (Å²) in [6.07, 6.45) is 0.00585. The molecule has 5 N–H and O–H groups in total. The van der Waals surface area contributed by atoms with E-state index in [1.54, 1.807) is 13.0 Å². The molecule has 0 aromatic heterocycles. The molecule has 0 saturated carbocycles. The molecule has 108 valence electrons. The molecule has 0 heterocycles. The zero-order valence-corrected chi connectivity index (χ0v) is 12.8. The number of rotatable bonds is 5. The lowest BCUT2D eigenvalue weighted by molar-refractivity contribution is -0.118. The number of anilines is 1. The highest BCUT2D eigenvalue weighted by molar-refractivity contribution is 14.1. The maximum absolute atomic E-state index is 11.7. The second-order valence-corrected chi connectivity index (χ2v) is 5.41. The van der Waals surface area contributed by atoms with E-state index in [1.165, 1.54) is 12.1 Å². The predicted molar refractivity (Wildman–Crippen MR) is 81.5 cm³/mol. The zero-order chi connectivity index (χ0) is 15.3. The highest BCUT2D eigenvalue weighted by Gasteiger charge is 2.14. The van der Waals surface area contributed by atoms with Crippen LogP contribution in [0.2, 0.25) is 0 Å². The van der Waals surface area contributed by atoms with Crippen LogP contribution in [-0.2, 0) is 4.79 Å². The molecule has 0 aliphatic rings. The van der Waals surface area contributed by atoms with Crippen LogP contribution in [0.3, 0.4) is 0 Å². The molecule has 20 heavy (non-hydrogen) atoms. The van der Waals surface area contributed by atoms with E-state index in [-0.39, 0.29) is 17.7 Å². The number of aromatic carboxylic acids is 1. The summed E-state index contributed by atoms with van der Waals surface area (Å²) in [5.74, 6) is -1.66. The van der Waals surface area contributed by atoms with Crippen LogP contribution in [0.25, 0.3) is 0 Å². The number of hydrogen-bond donors (Lipinski definition) is 4. The van der Waals surface area contributed by atoms with Gasteiger partial charge in [-0.05, 0) is 47.7 Å². The number of carbonyl (C=O) groups is 3. The number of carbonyl (C=O) groups excluding carboxylic acids is 2. The summed E-state index contributed by atoms with van der Waals surface area (Å²) in [4.78, 5) is 33.5. The standard InChI is InChI=1S/C12H14IN3O4/c1-6(4-10(14)17)15-12(20)16-9-3-2-7(13)5-8(9)11(18)19/h2-3,5-6H,4H2,1H3,(H2,14,17)(H,18,19)(H2,15,16,20). The highest BCUT2D eigenvalue weighted by Crippen LogP contribution is 2.18. The van der Waals surface area contributed by atoms with Gasteiger partial charge in [-0.1, -0.05) is 0 Å². The van der Waals surface area contributed by atoms with Crippen molar-refractivity contribution in [3.8, 4) is 0 Å². The van der Waals surface area contributed by atoms with Crippen LogP contribution in [0, 0.1) is 3.57 Å². The van der Waals surface area contributed by atoms with Crippen molar-refractivity contribution in [1.82, 2.24) is 5.32 Å². The summed E-state index contributed by atoms with van der Waals surface area (Å²) in [5, 5.41) is 14.0. The highest BCUT2D eigenvalue weighted by atomic mass is 127. The summed E-state index contributed by atoms with van der Waals surface area (Å²) in [5.41, 5.74) is 5.19. The van der Waals surface area contributed by atoms with E-state index < -0.39 is 23.9 Å². The molecule has 1 unspecified atom stereocenters. The van der Waals surface area contributed by atoms with Gasteiger partial charge in [-0.2, -0.15) is 0 Å². The van der Waals surface area contributed by atoms with Gasteiger partial charge in [-0.25, -0.2) is 9.59 Å². The number of halogens is 1. The van der Waals surface area contributed by atoms with Gasteiger partial charge in [0, 0.05) is 16.0 Å². The van der Waals surface area contributed by atoms with Crippen molar-refractivity contribution in [2.75, 3.05) is 5.32 Å². The lowest BCUT2D eigenvalue weighted by atomic mass is 10.2. The molecule has 0 spiro atoms. The van der Waals surface area contributed by atoms with Crippen molar-refractivity contribution >= 4 is 46.2 Å². The number of nitrogens with two attached hydrogens (primary N) is 1. The van der Waals surface area contributed by atoms with Gasteiger partial charge in [0.2, 0.25) is 5.91 Å². The largest absolute Gasteiger partial charge is 0.478 e. The summed E-state index contributed by atoms with van der Waals surface area (Å²) in [6.45, 7) is 1.62. The van der Waals surface area contributed by atoms with Crippen molar-refractivity contribution < 1.29 is 19.5 Å². The molecule has 0 saturated heterocycles. The number of hydrogen-bond acceptors (Lipinski definition) is 3. The molecule has 7 nitrogen and oxygen atoms in total. The third-order valence-corrected chi connectivity index (χ3v) is 3.02. The molecule has 1 rings (SSSR count). The maximum atomic E-state index is 11.7. The van der Waals surface area contributed by atoms with Gasteiger partial charge in [0.05, 0.1) is 11.3 Å². The Balaban J connectivity index is 2.76. The van der Waals surface area contributed by atoms with Crippen molar-refractivity contribution in [3.05, 3.63) is 27.3 Å². The minimum Gasteiger partial charge on any atom is -0.478 e. The summed E-state index contributed by atoms with van der Waals surface area (Å²) in [6, 6.07) is 3.59. The number of carboxylic acids is 1. The van der Waals surface area contributed by atoms with Crippen molar-refractivity contribution in [2.24, 2.45) is 5.73 Å². The molecule has 1 atom stereocenters. The van der Waals surface area contributed by atoms with Crippen LogP contribution in [-0.4, -0.2) is 29.1 Å². The van der Waals surface area contributed by atoms with Crippen LogP contribution >= 0.6 is 22.6 Å². The van der Waals surface area contributed by atoms with Crippen LogP contribution in [0.15, 0.2) is 18.2 Å². The number of benzene rings is 1. The van der Waals surface area contributed by atoms with Gasteiger partial charge in [-0.3, -0.25) is 4.79 Å². The number of urea groups is 1. The van der Waals surface area contributed by atoms with E-state index >= 15 is 0 Å². The molecule has 8 heteroatoms. The van der Waals surface area contributed by atoms with Gasteiger partial charge in [-0.15, -0.1) is 0 Å². The molecule has 3 amide bonds. The fraction of sp³-hybridized carbons (Fsp3) is 0.250. The molecule has 0 aliphatic carbocycles. The van der Waals surface area contributed by atoms with Gasteiger partial charge in [0.25, 0.3) is 0 Å². The minimum absolute atomic E-state index is 0.00500. The summed E-state index contributed by atoms with van der Waals surface area (Å²) in [7, 11) is 0. The Morgan fingerprint density at radius 2 is 2.05 bits per heavy atom. The van der Waals surface area contributed by atoms with E-state index in [2.05, 4.69) is 10.6 Å². The predicted octanol–water partition coefficient (Wildman–Crippen LogP) is 1.37. The van der Waals surface area contributed by atoms with Crippen LogP contribution in [0.1, 0.15) is 23.7 Å². The van der Waals surface area contributed by atoms with E-state index in [9.17, 15) is 14.4 Å². The smallest absolute Gasteiger partial charge is 0.337 e. The molecule has 1 aromatic rings. The maximum Gasteiger partial charge on any atom is 0.337 e. The topological polar surface area (TPSA) is 122 Å². The minimum atomic E-state index is -1.14. The Bertz CT molecular complexity index is 548. The first kappa shape index (κ1) is 16.2. The van der Waals surface area contributed by atoms with E-state index in [4.69, 9.17) is 10.8 Å². The van der Waals surface area contributed by atoms with Crippen LogP contribution < -0.4 is 16.4 Å². The molecular formula is C12H14IN3O4. The Labute approximate surface area is 129 Å². The number of amides is 3. The Hall–Kier alpha value is -1.84. The fourth-order valence-electron chi connectivity index (χ4n) is 1.54. The lowest BCUT2D eigenvalue weighted by Gasteiger charge is -2.14. The molecular weight excluding hydrogens is 377 g/mol. The Kier molecular flexibility index (Phi) is 5.74. The lowest BCUT2D eigenvalue weighted by Crippen LogP contribution is -2.38. The average molecular weight is 391 g/mol. The number of nitrogens with one attached hydrogen (secondary N) is 2. The fourth-order valence-corrected chi connectivity index (χ4v) is 2.03.